The van der Waals surface area contributed by atoms with E-state index in [2.05, 4.69) is 27.0 Å². The first-order valence-electron chi connectivity index (χ1n) is 9.95. The number of nitrogens with zero attached hydrogens (tertiary/aromatic N) is 3. The molecule has 0 saturated heterocycles. The van der Waals surface area contributed by atoms with Crippen LogP contribution in [0.25, 0.3) is 0 Å². The molecule has 4 fully saturated rings. The fraction of sp³-hybridized carbons (Fsp3) is 0.789. The number of amidine groups is 1. The topological polar surface area (TPSA) is 52.0 Å². The molecule has 2 N–H and O–H groups in total. The van der Waals surface area contributed by atoms with Crippen LogP contribution in [0.5, 0.6) is 0 Å². The van der Waals surface area contributed by atoms with Crippen molar-refractivity contribution in [2.24, 2.45) is 27.7 Å². The van der Waals surface area contributed by atoms with Gasteiger partial charge in [0.15, 0.2) is 5.17 Å². The SMILES string of the molecule is CSC1=NC2=NC3=C(CCC3NC34CC5CC(CC(C5)C3)C4)CN2N1. The standard InChI is InChI=1S/C19H27N5S/c1-25-18-21-17-20-16-14(10-24(17)23-18)2-3-15(16)22-19-7-11-4-12(8-19)6-13(5-11)9-19/h11-13,15,22H,2-10H2,1H3,(H,20,21,23). The Morgan fingerprint density at radius 2 is 1.84 bits per heavy atom. The quantitative estimate of drug-likeness (QED) is 0.798. The number of hydrazine groups is 1. The molecule has 4 saturated carbocycles. The van der Waals surface area contributed by atoms with Crippen LogP contribution in [0.1, 0.15) is 51.4 Å². The highest BCUT2D eigenvalue weighted by atomic mass is 32.2. The van der Waals surface area contributed by atoms with E-state index in [1.807, 2.05) is 0 Å². The molecule has 5 nitrogen and oxygen atoms in total. The molecule has 1 atom stereocenters. The van der Waals surface area contributed by atoms with Crippen molar-refractivity contribution in [3.05, 3.63) is 11.3 Å². The van der Waals surface area contributed by atoms with Crippen molar-refractivity contribution in [1.82, 2.24) is 15.8 Å². The van der Waals surface area contributed by atoms with Gasteiger partial charge < -0.3 is 5.32 Å². The average Bonchev–Trinajstić information content (AvgIpc) is 3.14. The molecule has 0 aromatic heterocycles. The van der Waals surface area contributed by atoms with Gasteiger partial charge in [-0.2, -0.15) is 4.99 Å². The fourth-order valence-electron chi connectivity index (χ4n) is 6.87. The lowest BCUT2D eigenvalue weighted by atomic mass is 9.53. The van der Waals surface area contributed by atoms with E-state index >= 15 is 0 Å². The van der Waals surface area contributed by atoms with Crippen LogP contribution in [0.2, 0.25) is 0 Å². The maximum atomic E-state index is 4.98. The molecule has 0 aromatic rings. The molecule has 134 valence electrons. The molecule has 2 heterocycles. The molecule has 4 bridgehead atoms. The molecular weight excluding hydrogens is 330 g/mol. The zero-order valence-corrected chi connectivity index (χ0v) is 15.7. The second-order valence-electron chi connectivity index (χ2n) is 9.15. The Balaban J connectivity index is 1.26. The molecule has 6 heteroatoms. The Bertz CT molecular complexity index is 673. The molecule has 2 aliphatic heterocycles. The third kappa shape index (κ3) is 2.33. The van der Waals surface area contributed by atoms with Crippen molar-refractivity contribution in [3.63, 3.8) is 0 Å². The van der Waals surface area contributed by atoms with Crippen molar-refractivity contribution in [3.8, 4) is 0 Å². The number of aliphatic imine (C=N–C) groups is 2. The Labute approximate surface area is 153 Å². The minimum atomic E-state index is 0.417. The van der Waals surface area contributed by atoms with E-state index < -0.39 is 0 Å². The van der Waals surface area contributed by atoms with E-state index in [0.29, 0.717) is 11.6 Å². The van der Waals surface area contributed by atoms with Gasteiger partial charge in [-0.25, -0.2) is 10.0 Å². The minimum Gasteiger partial charge on any atom is -0.303 e. The summed E-state index contributed by atoms with van der Waals surface area (Å²) >= 11 is 1.65. The van der Waals surface area contributed by atoms with Crippen LogP contribution in [0.4, 0.5) is 0 Å². The van der Waals surface area contributed by atoms with Gasteiger partial charge in [-0.15, -0.1) is 0 Å². The zero-order valence-electron chi connectivity index (χ0n) is 14.9. The van der Waals surface area contributed by atoms with E-state index in [-0.39, 0.29) is 0 Å². The summed E-state index contributed by atoms with van der Waals surface area (Å²) < 4.78 is 0. The van der Waals surface area contributed by atoms with Crippen molar-refractivity contribution in [1.29, 1.82) is 0 Å². The van der Waals surface area contributed by atoms with E-state index in [4.69, 9.17) is 4.99 Å². The van der Waals surface area contributed by atoms with Gasteiger partial charge in [-0.1, -0.05) is 11.8 Å². The monoisotopic (exact) mass is 357 g/mol. The normalized spacial score (nSPS) is 43.8. The number of hydrogen-bond acceptors (Lipinski definition) is 6. The maximum Gasteiger partial charge on any atom is 0.247 e. The largest absolute Gasteiger partial charge is 0.303 e. The van der Waals surface area contributed by atoms with Gasteiger partial charge in [0.1, 0.15) is 0 Å². The lowest BCUT2D eigenvalue weighted by Crippen LogP contribution is -2.60. The Kier molecular flexibility index (Phi) is 3.17. The van der Waals surface area contributed by atoms with Gasteiger partial charge in [-0.05, 0) is 80.9 Å². The molecule has 0 spiro atoms. The highest BCUT2D eigenvalue weighted by Crippen LogP contribution is 2.56. The number of rotatable bonds is 2. The van der Waals surface area contributed by atoms with Crippen LogP contribution in [0.3, 0.4) is 0 Å². The molecular formula is C19H27N5S. The number of hydrogen-bond donors (Lipinski definition) is 2. The van der Waals surface area contributed by atoms with Gasteiger partial charge in [-0.3, -0.25) is 5.43 Å². The van der Waals surface area contributed by atoms with Gasteiger partial charge in [0, 0.05) is 5.54 Å². The summed E-state index contributed by atoms with van der Waals surface area (Å²) in [7, 11) is 0. The number of fused-ring (bicyclic) bond motifs is 1. The molecule has 1 unspecified atom stereocenters. The maximum absolute atomic E-state index is 4.98. The van der Waals surface area contributed by atoms with Gasteiger partial charge in [0.25, 0.3) is 0 Å². The minimum absolute atomic E-state index is 0.417. The first-order chi connectivity index (χ1) is 12.2. The highest BCUT2D eigenvalue weighted by Gasteiger charge is 2.52. The van der Waals surface area contributed by atoms with Crippen LogP contribution in [0, 0.1) is 17.8 Å². The summed E-state index contributed by atoms with van der Waals surface area (Å²) in [5.41, 5.74) is 6.60. The summed E-state index contributed by atoms with van der Waals surface area (Å²) in [6.07, 6.45) is 13.2. The third-order valence-electron chi connectivity index (χ3n) is 7.38. The molecule has 7 rings (SSSR count). The highest BCUT2D eigenvalue weighted by molar-refractivity contribution is 8.13. The van der Waals surface area contributed by atoms with Gasteiger partial charge in [0.2, 0.25) is 5.96 Å². The number of nitrogens with one attached hydrogen (secondary N) is 2. The Morgan fingerprint density at radius 1 is 1.12 bits per heavy atom. The third-order valence-corrected chi connectivity index (χ3v) is 7.95. The Hall–Kier alpha value is -1.01. The molecule has 5 aliphatic carbocycles. The predicted octanol–water partition coefficient (Wildman–Crippen LogP) is 2.87. The lowest BCUT2D eigenvalue weighted by Gasteiger charge is -2.58. The second kappa shape index (κ2) is 5.26. The van der Waals surface area contributed by atoms with Crippen molar-refractivity contribution < 1.29 is 0 Å². The molecule has 0 radical (unpaired) electrons. The lowest BCUT2D eigenvalue weighted by molar-refractivity contribution is -0.0234. The van der Waals surface area contributed by atoms with E-state index in [0.717, 1.165) is 35.4 Å². The first-order valence-corrected chi connectivity index (χ1v) is 11.2. The van der Waals surface area contributed by atoms with Gasteiger partial charge >= 0.3 is 0 Å². The van der Waals surface area contributed by atoms with E-state index in [1.165, 1.54) is 62.6 Å². The van der Waals surface area contributed by atoms with Crippen LogP contribution < -0.4 is 10.7 Å². The van der Waals surface area contributed by atoms with Gasteiger partial charge in [0.05, 0.1) is 18.3 Å². The van der Waals surface area contributed by atoms with Crippen LogP contribution in [-0.4, -0.2) is 40.5 Å². The summed E-state index contributed by atoms with van der Waals surface area (Å²) in [6.45, 7) is 0.945. The summed E-state index contributed by atoms with van der Waals surface area (Å²) in [5.74, 6) is 3.85. The van der Waals surface area contributed by atoms with E-state index in [1.54, 1.807) is 11.8 Å². The van der Waals surface area contributed by atoms with Crippen LogP contribution >= 0.6 is 11.8 Å². The zero-order chi connectivity index (χ0) is 16.6. The number of thioether (sulfide) groups is 1. The van der Waals surface area contributed by atoms with Crippen molar-refractivity contribution in [2.45, 2.75) is 62.9 Å². The predicted molar refractivity (Wildman–Crippen MR) is 102 cm³/mol. The van der Waals surface area contributed by atoms with Crippen LogP contribution in [0.15, 0.2) is 21.3 Å². The van der Waals surface area contributed by atoms with Crippen molar-refractivity contribution in [2.75, 3.05) is 12.8 Å². The average molecular weight is 358 g/mol. The second-order valence-corrected chi connectivity index (χ2v) is 9.95. The summed E-state index contributed by atoms with van der Waals surface area (Å²) in [6, 6.07) is 0.453. The van der Waals surface area contributed by atoms with Crippen molar-refractivity contribution >= 4 is 22.9 Å². The number of guanidine groups is 1. The molecule has 0 amide bonds. The first kappa shape index (κ1) is 15.1. The molecule has 0 aromatic carbocycles. The summed E-state index contributed by atoms with van der Waals surface area (Å²) in [5, 5.41) is 7.24. The molecule has 25 heavy (non-hydrogen) atoms. The van der Waals surface area contributed by atoms with E-state index in [9.17, 15) is 0 Å². The van der Waals surface area contributed by atoms with Crippen LogP contribution in [-0.2, 0) is 0 Å². The summed E-state index contributed by atoms with van der Waals surface area (Å²) in [4.78, 5) is 9.61. The molecule has 7 aliphatic rings. The fourth-order valence-corrected chi connectivity index (χ4v) is 7.25. The smallest absolute Gasteiger partial charge is 0.247 e. The Morgan fingerprint density at radius 3 is 2.52 bits per heavy atom.